The van der Waals surface area contributed by atoms with E-state index < -0.39 is 18.5 Å². The van der Waals surface area contributed by atoms with Crippen LogP contribution < -0.4 is 5.32 Å². The summed E-state index contributed by atoms with van der Waals surface area (Å²) in [6, 6.07) is 16.3. The molecule has 0 saturated carbocycles. The van der Waals surface area contributed by atoms with Crippen molar-refractivity contribution in [2.45, 2.75) is 6.92 Å². The Morgan fingerprint density at radius 1 is 1.15 bits per heavy atom. The van der Waals surface area contributed by atoms with Gasteiger partial charge in [0.25, 0.3) is 5.91 Å². The van der Waals surface area contributed by atoms with Gasteiger partial charge < -0.3 is 14.6 Å². The van der Waals surface area contributed by atoms with Gasteiger partial charge in [-0.25, -0.2) is 4.79 Å². The molecule has 0 spiro atoms. The Morgan fingerprint density at radius 3 is 2.65 bits per heavy atom. The van der Waals surface area contributed by atoms with Gasteiger partial charge in [-0.2, -0.15) is 0 Å². The topological polar surface area (TPSA) is 81.4 Å². The first-order valence-corrected chi connectivity index (χ1v) is 8.58. The van der Waals surface area contributed by atoms with E-state index >= 15 is 0 Å². The number of rotatable bonds is 5. The average molecular weight is 415 g/mol. The fourth-order valence-corrected chi connectivity index (χ4v) is 2.77. The quantitative estimate of drug-likeness (QED) is 0.632. The van der Waals surface area contributed by atoms with Crippen molar-refractivity contribution in [3.8, 4) is 11.3 Å². The van der Waals surface area contributed by atoms with E-state index in [1.165, 1.54) is 0 Å². The second-order valence-electron chi connectivity index (χ2n) is 5.46. The number of esters is 1. The van der Waals surface area contributed by atoms with Gasteiger partial charge in [0.05, 0.1) is 0 Å². The molecule has 6 nitrogen and oxygen atoms in total. The summed E-state index contributed by atoms with van der Waals surface area (Å²) in [5.41, 5.74) is 1.94. The lowest BCUT2D eigenvalue weighted by atomic mass is 10.1. The number of amides is 1. The van der Waals surface area contributed by atoms with Gasteiger partial charge in [-0.05, 0) is 25.1 Å². The second kappa shape index (κ2) is 7.97. The van der Waals surface area contributed by atoms with E-state index in [1.807, 2.05) is 36.4 Å². The van der Waals surface area contributed by atoms with Crippen LogP contribution in [-0.4, -0.2) is 23.6 Å². The highest BCUT2D eigenvalue weighted by Gasteiger charge is 2.23. The van der Waals surface area contributed by atoms with Crippen molar-refractivity contribution < 1.29 is 18.8 Å². The highest BCUT2D eigenvalue weighted by molar-refractivity contribution is 9.10. The van der Waals surface area contributed by atoms with Gasteiger partial charge in [-0.15, -0.1) is 0 Å². The van der Waals surface area contributed by atoms with E-state index in [2.05, 4.69) is 26.4 Å². The van der Waals surface area contributed by atoms with Crippen molar-refractivity contribution >= 4 is 33.5 Å². The van der Waals surface area contributed by atoms with Crippen LogP contribution in [0.5, 0.6) is 0 Å². The van der Waals surface area contributed by atoms with Gasteiger partial charge in [-0.3, -0.25) is 4.79 Å². The minimum absolute atomic E-state index is 0.214. The zero-order valence-electron chi connectivity index (χ0n) is 13.9. The maximum Gasteiger partial charge on any atom is 0.344 e. The second-order valence-corrected chi connectivity index (χ2v) is 6.38. The largest absolute Gasteiger partial charge is 0.452 e. The molecule has 132 valence electrons. The molecule has 0 unspecified atom stereocenters. The summed E-state index contributed by atoms with van der Waals surface area (Å²) in [5.74, 6) is -0.764. The van der Waals surface area contributed by atoms with Crippen molar-refractivity contribution in [3.05, 3.63) is 70.4 Å². The Kier molecular flexibility index (Phi) is 5.48. The normalized spacial score (nSPS) is 10.4. The molecule has 3 aromatic rings. The van der Waals surface area contributed by atoms with Crippen molar-refractivity contribution in [2.24, 2.45) is 0 Å². The number of benzene rings is 2. The van der Waals surface area contributed by atoms with Crippen LogP contribution in [0.25, 0.3) is 11.3 Å². The standard InChI is InChI=1S/C19H15BrN2O4/c1-12-17(18(22-26-12)13-6-3-2-4-7-13)19(24)25-11-16(23)21-15-9-5-8-14(20)10-15/h2-10H,11H2,1H3,(H,21,23). The highest BCUT2D eigenvalue weighted by atomic mass is 79.9. The van der Waals surface area contributed by atoms with Gasteiger partial charge in [0.15, 0.2) is 6.61 Å². The number of halogens is 1. The molecule has 0 saturated heterocycles. The third-order valence-corrected chi connectivity index (χ3v) is 4.05. The molecule has 26 heavy (non-hydrogen) atoms. The van der Waals surface area contributed by atoms with Gasteiger partial charge in [-0.1, -0.05) is 57.5 Å². The molecule has 0 bridgehead atoms. The summed E-state index contributed by atoms with van der Waals surface area (Å²) in [7, 11) is 0. The molecule has 0 fully saturated rings. The third-order valence-electron chi connectivity index (χ3n) is 3.56. The smallest absolute Gasteiger partial charge is 0.344 e. The molecule has 3 rings (SSSR count). The summed E-state index contributed by atoms with van der Waals surface area (Å²) in [6.07, 6.45) is 0. The lowest BCUT2D eigenvalue weighted by Crippen LogP contribution is -2.21. The maximum atomic E-state index is 12.4. The molecule has 1 heterocycles. The molecule has 0 radical (unpaired) electrons. The first-order chi connectivity index (χ1) is 12.5. The molecular weight excluding hydrogens is 400 g/mol. The highest BCUT2D eigenvalue weighted by Crippen LogP contribution is 2.25. The Morgan fingerprint density at radius 2 is 1.92 bits per heavy atom. The van der Waals surface area contributed by atoms with Crippen molar-refractivity contribution in [1.29, 1.82) is 0 Å². The van der Waals surface area contributed by atoms with E-state index in [0.29, 0.717) is 17.1 Å². The minimum Gasteiger partial charge on any atom is -0.452 e. The Hall–Kier alpha value is -2.93. The zero-order valence-corrected chi connectivity index (χ0v) is 15.4. The van der Waals surface area contributed by atoms with Crippen molar-refractivity contribution in [2.75, 3.05) is 11.9 Å². The molecule has 0 aliphatic rings. The number of hydrogen-bond acceptors (Lipinski definition) is 5. The van der Waals surface area contributed by atoms with Crippen LogP contribution in [0.4, 0.5) is 5.69 Å². The van der Waals surface area contributed by atoms with E-state index in [0.717, 1.165) is 10.0 Å². The van der Waals surface area contributed by atoms with Crippen LogP contribution in [0.2, 0.25) is 0 Å². The van der Waals surface area contributed by atoms with Crippen LogP contribution in [0, 0.1) is 6.92 Å². The predicted molar refractivity (Wildman–Crippen MR) is 99.7 cm³/mol. The molecule has 7 heteroatoms. The molecule has 0 aliphatic heterocycles. The van der Waals surface area contributed by atoms with Gasteiger partial charge in [0.2, 0.25) is 0 Å². The zero-order chi connectivity index (χ0) is 18.5. The monoisotopic (exact) mass is 414 g/mol. The number of carbonyl (C=O) groups is 2. The molecular formula is C19H15BrN2O4. The number of nitrogens with one attached hydrogen (secondary N) is 1. The molecule has 1 amide bonds. The number of aromatic nitrogens is 1. The molecule has 2 aromatic carbocycles. The molecule has 1 N–H and O–H groups in total. The van der Waals surface area contributed by atoms with Gasteiger partial charge in [0, 0.05) is 15.7 Å². The van der Waals surface area contributed by atoms with Crippen LogP contribution in [0.1, 0.15) is 16.1 Å². The van der Waals surface area contributed by atoms with E-state index in [9.17, 15) is 9.59 Å². The SMILES string of the molecule is Cc1onc(-c2ccccc2)c1C(=O)OCC(=O)Nc1cccc(Br)c1. The first-order valence-electron chi connectivity index (χ1n) is 7.79. The van der Waals surface area contributed by atoms with Crippen LogP contribution in [0.15, 0.2) is 63.6 Å². The summed E-state index contributed by atoms with van der Waals surface area (Å²) in [6.45, 7) is 1.21. The number of carbonyl (C=O) groups excluding carboxylic acids is 2. The van der Waals surface area contributed by atoms with E-state index in [-0.39, 0.29) is 5.56 Å². The summed E-state index contributed by atoms with van der Waals surface area (Å²) in [5, 5.41) is 6.59. The van der Waals surface area contributed by atoms with Crippen LogP contribution >= 0.6 is 15.9 Å². The Labute approximate surface area is 158 Å². The summed E-state index contributed by atoms with van der Waals surface area (Å²) >= 11 is 3.32. The fraction of sp³-hybridized carbons (Fsp3) is 0.105. The summed E-state index contributed by atoms with van der Waals surface area (Å²) < 4.78 is 11.1. The fourth-order valence-electron chi connectivity index (χ4n) is 2.37. The molecule has 1 aromatic heterocycles. The lowest BCUT2D eigenvalue weighted by Gasteiger charge is -2.07. The lowest BCUT2D eigenvalue weighted by molar-refractivity contribution is -0.119. The van der Waals surface area contributed by atoms with Crippen molar-refractivity contribution in [1.82, 2.24) is 5.16 Å². The van der Waals surface area contributed by atoms with E-state index in [4.69, 9.17) is 9.26 Å². The maximum absolute atomic E-state index is 12.4. The number of aryl methyl sites for hydroxylation is 1. The summed E-state index contributed by atoms with van der Waals surface area (Å²) in [4.78, 5) is 24.4. The molecule has 0 aliphatic carbocycles. The predicted octanol–water partition coefficient (Wildman–Crippen LogP) is 4.21. The Balaban J connectivity index is 1.67. The Bertz CT molecular complexity index is 938. The third kappa shape index (κ3) is 4.18. The van der Waals surface area contributed by atoms with E-state index in [1.54, 1.807) is 25.1 Å². The first kappa shape index (κ1) is 17.9. The number of ether oxygens (including phenoxy) is 1. The van der Waals surface area contributed by atoms with Crippen molar-refractivity contribution in [3.63, 3.8) is 0 Å². The van der Waals surface area contributed by atoms with Crippen LogP contribution in [-0.2, 0) is 9.53 Å². The van der Waals surface area contributed by atoms with Gasteiger partial charge in [0.1, 0.15) is 17.0 Å². The number of hydrogen-bond donors (Lipinski definition) is 1. The number of anilines is 1. The minimum atomic E-state index is -0.660. The molecule has 0 atom stereocenters. The average Bonchev–Trinajstić information content (AvgIpc) is 3.02. The van der Waals surface area contributed by atoms with Gasteiger partial charge >= 0.3 is 5.97 Å². The van der Waals surface area contributed by atoms with Crippen LogP contribution in [0.3, 0.4) is 0 Å². The number of nitrogens with zero attached hydrogens (tertiary/aromatic N) is 1.